The number of hydrogen-bond acceptors (Lipinski definition) is 5. The number of carbonyl (C=O) groups is 1. The average molecular weight is 524 g/mol. The van der Waals surface area contributed by atoms with E-state index in [4.69, 9.17) is 14.5 Å². The number of nitrogens with zero attached hydrogens (tertiary/aromatic N) is 2. The Bertz CT molecular complexity index is 1450. The SMILES string of the molecule is COC(=O)CC(c1cccc(C(F)(F)F)c1)n1ccc2cc(OCCc3ccc4c(n3)CCCN4)ccc21. The normalized spacial score (nSPS) is 14.0. The molecule has 6 nitrogen and oxygen atoms in total. The van der Waals surface area contributed by atoms with Gasteiger partial charge in [-0.05, 0) is 66.9 Å². The predicted molar refractivity (Wildman–Crippen MR) is 138 cm³/mol. The van der Waals surface area contributed by atoms with Gasteiger partial charge in [-0.15, -0.1) is 0 Å². The first-order chi connectivity index (χ1) is 18.3. The molecule has 0 radical (unpaired) electrons. The monoisotopic (exact) mass is 523 g/mol. The maximum absolute atomic E-state index is 13.4. The number of aromatic nitrogens is 2. The number of fused-ring (bicyclic) bond motifs is 2. The third-order valence-electron chi connectivity index (χ3n) is 6.78. The highest BCUT2D eigenvalue weighted by atomic mass is 19.4. The Labute approximate surface area is 218 Å². The van der Waals surface area contributed by atoms with Crippen molar-refractivity contribution in [3.63, 3.8) is 0 Å². The van der Waals surface area contributed by atoms with Gasteiger partial charge in [0.1, 0.15) is 5.75 Å². The highest BCUT2D eigenvalue weighted by molar-refractivity contribution is 5.82. The van der Waals surface area contributed by atoms with Crippen LogP contribution in [0.15, 0.2) is 66.9 Å². The van der Waals surface area contributed by atoms with Crippen LogP contribution >= 0.6 is 0 Å². The van der Waals surface area contributed by atoms with Crippen LogP contribution in [0, 0.1) is 0 Å². The minimum Gasteiger partial charge on any atom is -0.493 e. The van der Waals surface area contributed by atoms with Crippen molar-refractivity contribution in [1.82, 2.24) is 9.55 Å². The van der Waals surface area contributed by atoms with Gasteiger partial charge in [0, 0.05) is 35.8 Å². The van der Waals surface area contributed by atoms with Crippen molar-refractivity contribution < 1.29 is 27.4 Å². The van der Waals surface area contributed by atoms with Crippen LogP contribution in [0.4, 0.5) is 18.9 Å². The molecule has 5 rings (SSSR count). The maximum atomic E-state index is 13.4. The zero-order valence-electron chi connectivity index (χ0n) is 20.9. The molecule has 0 spiro atoms. The number of pyridine rings is 1. The summed E-state index contributed by atoms with van der Waals surface area (Å²) in [5.74, 6) is 0.166. The number of benzene rings is 2. The van der Waals surface area contributed by atoms with Gasteiger partial charge >= 0.3 is 12.1 Å². The number of aryl methyl sites for hydroxylation is 1. The van der Waals surface area contributed by atoms with Gasteiger partial charge in [0.25, 0.3) is 0 Å². The summed E-state index contributed by atoms with van der Waals surface area (Å²) in [6, 6.07) is 15.9. The Morgan fingerprint density at radius 3 is 2.82 bits per heavy atom. The maximum Gasteiger partial charge on any atom is 0.416 e. The van der Waals surface area contributed by atoms with E-state index in [0.29, 0.717) is 24.3 Å². The Morgan fingerprint density at radius 2 is 2.00 bits per heavy atom. The second-order valence-electron chi connectivity index (χ2n) is 9.29. The number of alkyl halides is 3. The molecule has 0 fully saturated rings. The number of anilines is 1. The zero-order valence-corrected chi connectivity index (χ0v) is 20.9. The smallest absolute Gasteiger partial charge is 0.416 e. The van der Waals surface area contributed by atoms with Crippen LogP contribution in [0.5, 0.6) is 5.75 Å². The molecule has 4 aromatic rings. The van der Waals surface area contributed by atoms with Gasteiger partial charge in [-0.25, -0.2) is 0 Å². The van der Waals surface area contributed by atoms with Crippen LogP contribution in [-0.2, 0) is 28.5 Å². The molecule has 1 unspecified atom stereocenters. The van der Waals surface area contributed by atoms with E-state index in [1.807, 2.05) is 30.3 Å². The molecule has 0 saturated carbocycles. The largest absolute Gasteiger partial charge is 0.493 e. The van der Waals surface area contributed by atoms with Crippen LogP contribution in [0.25, 0.3) is 10.9 Å². The highest BCUT2D eigenvalue weighted by Crippen LogP contribution is 2.34. The average Bonchev–Trinajstić information content (AvgIpc) is 3.34. The minimum atomic E-state index is -4.48. The Morgan fingerprint density at radius 1 is 1.13 bits per heavy atom. The lowest BCUT2D eigenvalue weighted by atomic mass is 10.0. The molecule has 1 atom stereocenters. The van der Waals surface area contributed by atoms with Gasteiger partial charge in [-0.2, -0.15) is 13.2 Å². The molecule has 0 saturated heterocycles. The molecule has 1 N–H and O–H groups in total. The first-order valence-electron chi connectivity index (χ1n) is 12.5. The highest BCUT2D eigenvalue weighted by Gasteiger charge is 2.31. The molecule has 2 aromatic carbocycles. The van der Waals surface area contributed by atoms with Crippen molar-refractivity contribution in [2.24, 2.45) is 0 Å². The summed E-state index contributed by atoms with van der Waals surface area (Å²) in [6.45, 7) is 1.44. The number of ether oxygens (including phenoxy) is 2. The number of nitrogens with one attached hydrogen (secondary N) is 1. The lowest BCUT2D eigenvalue weighted by Gasteiger charge is -2.21. The van der Waals surface area contributed by atoms with Crippen molar-refractivity contribution in [3.05, 3.63) is 89.4 Å². The summed E-state index contributed by atoms with van der Waals surface area (Å²) < 4.78 is 52.7. The van der Waals surface area contributed by atoms with Gasteiger partial charge in [0.2, 0.25) is 0 Å². The third kappa shape index (κ3) is 5.61. The molecule has 1 aliphatic rings. The number of carbonyl (C=O) groups excluding carboxylic acids is 1. The molecule has 198 valence electrons. The number of esters is 1. The van der Waals surface area contributed by atoms with E-state index in [1.165, 1.54) is 13.2 Å². The van der Waals surface area contributed by atoms with Crippen molar-refractivity contribution in [1.29, 1.82) is 0 Å². The summed E-state index contributed by atoms with van der Waals surface area (Å²) in [6.07, 6.45) is -0.0992. The topological polar surface area (TPSA) is 65.4 Å². The number of halogens is 3. The molecule has 3 heterocycles. The summed E-state index contributed by atoms with van der Waals surface area (Å²) in [7, 11) is 1.26. The molecule has 2 aromatic heterocycles. The van der Waals surface area contributed by atoms with E-state index in [2.05, 4.69) is 11.4 Å². The molecular weight excluding hydrogens is 495 g/mol. The molecule has 0 bridgehead atoms. The van der Waals surface area contributed by atoms with E-state index in [1.54, 1.807) is 16.8 Å². The quantitative estimate of drug-likeness (QED) is 0.279. The van der Waals surface area contributed by atoms with E-state index in [0.717, 1.165) is 59.5 Å². The van der Waals surface area contributed by atoms with E-state index >= 15 is 0 Å². The van der Waals surface area contributed by atoms with Crippen LogP contribution in [-0.4, -0.2) is 35.8 Å². The zero-order chi connectivity index (χ0) is 26.7. The van der Waals surface area contributed by atoms with Crippen molar-refractivity contribution in [3.8, 4) is 5.75 Å². The van der Waals surface area contributed by atoms with Crippen LogP contribution in [0.2, 0.25) is 0 Å². The van der Waals surface area contributed by atoms with E-state index < -0.39 is 23.8 Å². The standard InChI is InChI=1S/C29H28F3N3O3/c1-37-28(36)18-27(19-4-2-5-21(16-19)29(30,31)32)35-14-11-20-17-23(8-10-26(20)35)38-15-12-22-7-9-24-25(34-22)6-3-13-33-24/h2,4-5,7-11,14,16-17,27,33H,3,6,12-13,15,18H2,1H3. The van der Waals surface area contributed by atoms with E-state index in [9.17, 15) is 18.0 Å². The van der Waals surface area contributed by atoms with Crippen molar-refractivity contribution >= 4 is 22.6 Å². The van der Waals surface area contributed by atoms with Gasteiger partial charge in [0.05, 0.1) is 43.1 Å². The van der Waals surface area contributed by atoms with Crippen LogP contribution in [0.3, 0.4) is 0 Å². The number of methoxy groups -OCH3 is 1. The number of rotatable bonds is 8. The summed E-state index contributed by atoms with van der Waals surface area (Å²) in [4.78, 5) is 16.9. The summed E-state index contributed by atoms with van der Waals surface area (Å²) >= 11 is 0. The van der Waals surface area contributed by atoms with Gasteiger partial charge in [-0.1, -0.05) is 12.1 Å². The fourth-order valence-corrected chi connectivity index (χ4v) is 4.83. The second-order valence-corrected chi connectivity index (χ2v) is 9.29. The fraction of sp³-hybridized carbons (Fsp3) is 0.310. The first-order valence-corrected chi connectivity index (χ1v) is 12.5. The Kier molecular flexibility index (Phi) is 7.26. The molecule has 38 heavy (non-hydrogen) atoms. The summed E-state index contributed by atoms with van der Waals surface area (Å²) in [5, 5.41) is 4.21. The second kappa shape index (κ2) is 10.8. The van der Waals surface area contributed by atoms with E-state index in [-0.39, 0.29) is 6.42 Å². The van der Waals surface area contributed by atoms with Crippen molar-refractivity contribution in [2.45, 2.75) is 37.9 Å². The van der Waals surface area contributed by atoms with Crippen LogP contribution < -0.4 is 10.1 Å². The summed E-state index contributed by atoms with van der Waals surface area (Å²) in [5.41, 5.74) is 3.56. The fourth-order valence-electron chi connectivity index (χ4n) is 4.83. The predicted octanol–water partition coefficient (Wildman–Crippen LogP) is 6.19. The Hall–Kier alpha value is -4.01. The first kappa shape index (κ1) is 25.6. The molecule has 1 aliphatic heterocycles. The minimum absolute atomic E-state index is 0.108. The number of hydrogen-bond donors (Lipinski definition) is 1. The van der Waals surface area contributed by atoms with Crippen molar-refractivity contribution in [2.75, 3.05) is 25.6 Å². The lowest BCUT2D eigenvalue weighted by Crippen LogP contribution is -2.16. The van der Waals surface area contributed by atoms with Gasteiger partial charge < -0.3 is 19.4 Å². The lowest BCUT2D eigenvalue weighted by molar-refractivity contribution is -0.141. The van der Waals surface area contributed by atoms with Crippen LogP contribution in [0.1, 0.15) is 41.4 Å². The molecule has 0 aliphatic carbocycles. The Balaban J connectivity index is 1.34. The molecule has 9 heteroatoms. The molecular formula is C29H28F3N3O3. The van der Waals surface area contributed by atoms with Gasteiger partial charge in [-0.3, -0.25) is 9.78 Å². The van der Waals surface area contributed by atoms with Gasteiger partial charge in [0.15, 0.2) is 0 Å². The third-order valence-corrected chi connectivity index (χ3v) is 6.78. The molecule has 0 amide bonds.